The van der Waals surface area contributed by atoms with E-state index in [1.807, 2.05) is 0 Å². The van der Waals surface area contributed by atoms with Crippen LogP contribution in [0.3, 0.4) is 0 Å². The van der Waals surface area contributed by atoms with Crippen LogP contribution in [0, 0.1) is 0 Å². The molecule has 4 nitrogen and oxygen atoms in total. The summed E-state index contributed by atoms with van der Waals surface area (Å²) in [6.07, 6.45) is -0.442. The zero-order valence-corrected chi connectivity index (χ0v) is 9.65. The van der Waals surface area contributed by atoms with Gasteiger partial charge in [0, 0.05) is 26.2 Å². The van der Waals surface area contributed by atoms with Crippen LogP contribution in [0.1, 0.15) is 0 Å². The van der Waals surface area contributed by atoms with Crippen LogP contribution in [0.4, 0.5) is 4.79 Å². The monoisotopic (exact) mass is 228 g/mol. The molecular weight excluding hydrogens is 216 g/mol. The fraction of sp³-hybridized carbons (Fsp3) is 0.300. The van der Waals surface area contributed by atoms with Crippen LogP contribution in [0.5, 0.6) is 5.75 Å². The first-order valence-corrected chi connectivity index (χ1v) is 4.77. The van der Waals surface area contributed by atoms with Crippen molar-refractivity contribution in [3.63, 3.8) is 0 Å². The molecule has 0 atom stereocenters. The molecule has 15 heavy (non-hydrogen) atoms. The first-order valence-electron chi connectivity index (χ1n) is 4.39. The highest BCUT2D eigenvalue weighted by atomic mass is 35.5. The van der Waals surface area contributed by atoms with Crippen molar-refractivity contribution >= 4 is 17.7 Å². The summed E-state index contributed by atoms with van der Waals surface area (Å²) in [5, 5.41) is 3.59. The molecule has 0 unspecified atom stereocenters. The number of hydrogen-bond acceptors (Lipinski definition) is 3. The number of hydrazine groups is 1. The van der Waals surface area contributed by atoms with Crippen molar-refractivity contribution in [3.05, 3.63) is 29.3 Å². The van der Waals surface area contributed by atoms with Gasteiger partial charge in [-0.15, -0.1) is 0 Å². The number of nitrogens with zero attached hydrogens (tertiary/aromatic N) is 2. The second-order valence-electron chi connectivity index (χ2n) is 3.19. The van der Waals surface area contributed by atoms with E-state index < -0.39 is 6.09 Å². The zero-order chi connectivity index (χ0) is 11.4. The van der Waals surface area contributed by atoms with E-state index >= 15 is 0 Å². The summed E-state index contributed by atoms with van der Waals surface area (Å²) in [7, 11) is 5.13. The van der Waals surface area contributed by atoms with Gasteiger partial charge >= 0.3 is 6.09 Å². The average molecular weight is 229 g/mol. The Labute approximate surface area is 94.0 Å². The minimum Gasteiger partial charge on any atom is -0.409 e. The maximum absolute atomic E-state index is 11.5. The number of ether oxygens (including phenoxy) is 1. The van der Waals surface area contributed by atoms with Crippen LogP contribution in [0.2, 0.25) is 5.02 Å². The van der Waals surface area contributed by atoms with Crippen LogP contribution in [0.15, 0.2) is 24.3 Å². The van der Waals surface area contributed by atoms with Crippen LogP contribution in [0.25, 0.3) is 0 Å². The lowest BCUT2D eigenvalue weighted by atomic mass is 10.3. The molecule has 0 heterocycles. The third-order valence-corrected chi connectivity index (χ3v) is 2.13. The maximum Gasteiger partial charge on any atom is 0.429 e. The molecule has 82 valence electrons. The van der Waals surface area contributed by atoms with E-state index in [9.17, 15) is 4.79 Å². The van der Waals surface area contributed by atoms with Crippen LogP contribution < -0.4 is 4.74 Å². The zero-order valence-electron chi connectivity index (χ0n) is 8.90. The number of carbonyl (C=O) groups is 1. The molecule has 0 radical (unpaired) electrons. The summed E-state index contributed by atoms with van der Waals surface area (Å²) in [6, 6.07) is 6.62. The molecule has 1 aromatic carbocycles. The van der Waals surface area contributed by atoms with Gasteiger partial charge in [0.05, 0.1) is 0 Å². The van der Waals surface area contributed by atoms with E-state index in [4.69, 9.17) is 16.3 Å². The van der Waals surface area contributed by atoms with E-state index in [2.05, 4.69) is 0 Å². The first-order chi connectivity index (χ1) is 7.00. The van der Waals surface area contributed by atoms with Crippen molar-refractivity contribution in [1.82, 2.24) is 10.0 Å². The van der Waals surface area contributed by atoms with Gasteiger partial charge in [0.15, 0.2) is 0 Å². The molecule has 0 aliphatic rings. The largest absolute Gasteiger partial charge is 0.429 e. The van der Waals surface area contributed by atoms with E-state index in [0.29, 0.717) is 10.8 Å². The Balaban J connectivity index is 2.62. The number of benzene rings is 1. The third-order valence-electron chi connectivity index (χ3n) is 1.88. The van der Waals surface area contributed by atoms with Crippen molar-refractivity contribution in [2.45, 2.75) is 0 Å². The van der Waals surface area contributed by atoms with E-state index in [1.54, 1.807) is 50.4 Å². The van der Waals surface area contributed by atoms with Crippen molar-refractivity contribution in [2.75, 3.05) is 21.1 Å². The lowest BCUT2D eigenvalue weighted by Gasteiger charge is -2.23. The Morgan fingerprint density at radius 2 is 1.73 bits per heavy atom. The second-order valence-corrected chi connectivity index (χ2v) is 3.63. The van der Waals surface area contributed by atoms with Crippen molar-refractivity contribution < 1.29 is 9.53 Å². The molecule has 0 aliphatic heterocycles. The number of carbonyl (C=O) groups excluding carboxylic acids is 1. The Bertz CT molecular complexity index is 338. The van der Waals surface area contributed by atoms with Gasteiger partial charge in [-0.3, -0.25) is 0 Å². The molecular formula is C10H13ClN2O2. The number of amides is 1. The molecule has 0 fully saturated rings. The molecule has 0 N–H and O–H groups in total. The predicted octanol–water partition coefficient (Wildman–Crippen LogP) is 2.25. The van der Waals surface area contributed by atoms with Crippen molar-refractivity contribution in [1.29, 1.82) is 0 Å². The molecule has 1 rings (SSSR count). The Morgan fingerprint density at radius 3 is 2.20 bits per heavy atom. The molecule has 0 spiro atoms. The molecule has 0 saturated heterocycles. The molecule has 1 aromatic rings. The first kappa shape index (κ1) is 11.8. The van der Waals surface area contributed by atoms with Crippen LogP contribution in [-0.4, -0.2) is 37.3 Å². The average Bonchev–Trinajstić information content (AvgIpc) is 2.20. The Hall–Kier alpha value is -1.26. The summed E-state index contributed by atoms with van der Waals surface area (Å²) in [6.45, 7) is 0. The minimum absolute atomic E-state index is 0.442. The summed E-state index contributed by atoms with van der Waals surface area (Å²) in [5.74, 6) is 0.470. The van der Waals surface area contributed by atoms with Crippen molar-refractivity contribution in [3.8, 4) is 5.75 Å². The van der Waals surface area contributed by atoms with Crippen molar-refractivity contribution in [2.24, 2.45) is 0 Å². The summed E-state index contributed by atoms with van der Waals surface area (Å²) in [5.41, 5.74) is 0. The van der Waals surface area contributed by atoms with Crippen LogP contribution in [-0.2, 0) is 0 Å². The highest BCUT2D eigenvalue weighted by Gasteiger charge is 2.12. The normalized spacial score (nSPS) is 10.2. The Morgan fingerprint density at radius 1 is 1.20 bits per heavy atom. The Kier molecular flexibility index (Phi) is 3.94. The van der Waals surface area contributed by atoms with Gasteiger partial charge in [0.25, 0.3) is 0 Å². The molecule has 0 aliphatic carbocycles. The molecule has 1 amide bonds. The lowest BCUT2D eigenvalue weighted by Crippen LogP contribution is -2.40. The number of halogens is 1. The van der Waals surface area contributed by atoms with Gasteiger partial charge in [-0.05, 0) is 24.3 Å². The molecule has 5 heteroatoms. The van der Waals surface area contributed by atoms with Gasteiger partial charge < -0.3 is 4.74 Å². The van der Waals surface area contributed by atoms with Gasteiger partial charge in [-0.25, -0.2) is 14.8 Å². The van der Waals surface area contributed by atoms with E-state index in [0.717, 1.165) is 0 Å². The highest BCUT2D eigenvalue weighted by molar-refractivity contribution is 6.30. The summed E-state index contributed by atoms with van der Waals surface area (Å²) >= 11 is 5.70. The fourth-order valence-corrected chi connectivity index (χ4v) is 0.959. The smallest absolute Gasteiger partial charge is 0.409 e. The third kappa shape index (κ3) is 3.42. The number of hydrogen-bond donors (Lipinski definition) is 0. The standard InChI is InChI=1S/C10H13ClN2O2/c1-12(2)13(3)10(14)15-9-6-4-8(11)5-7-9/h4-7H,1-3H3. The lowest BCUT2D eigenvalue weighted by molar-refractivity contribution is 0.0588. The summed E-state index contributed by atoms with van der Waals surface area (Å²) < 4.78 is 5.08. The quantitative estimate of drug-likeness (QED) is 0.728. The maximum atomic E-state index is 11.5. The molecule has 0 aromatic heterocycles. The molecule has 0 bridgehead atoms. The number of rotatable bonds is 2. The van der Waals surface area contributed by atoms with E-state index in [-0.39, 0.29) is 0 Å². The van der Waals surface area contributed by atoms with Gasteiger partial charge in [-0.2, -0.15) is 0 Å². The highest BCUT2D eigenvalue weighted by Crippen LogP contribution is 2.16. The fourth-order valence-electron chi connectivity index (χ4n) is 0.833. The minimum atomic E-state index is -0.442. The van der Waals surface area contributed by atoms with Gasteiger partial charge in [-0.1, -0.05) is 11.6 Å². The molecule has 0 saturated carbocycles. The van der Waals surface area contributed by atoms with E-state index in [1.165, 1.54) is 5.01 Å². The van der Waals surface area contributed by atoms with Crippen LogP contribution >= 0.6 is 11.6 Å². The van der Waals surface area contributed by atoms with Gasteiger partial charge in [0.1, 0.15) is 5.75 Å². The topological polar surface area (TPSA) is 32.8 Å². The summed E-state index contributed by atoms with van der Waals surface area (Å²) in [4.78, 5) is 11.5. The van der Waals surface area contributed by atoms with Gasteiger partial charge in [0.2, 0.25) is 0 Å². The SMILES string of the molecule is CN(C)N(C)C(=O)Oc1ccc(Cl)cc1. The second kappa shape index (κ2) is 5.00. The predicted molar refractivity (Wildman–Crippen MR) is 58.9 cm³/mol.